The number of rotatable bonds is 4. The van der Waals surface area contributed by atoms with Crippen LogP contribution in [-0.4, -0.2) is 17.3 Å². The van der Waals surface area contributed by atoms with E-state index >= 15 is 0 Å². The maximum atomic E-state index is 12.0. The maximum Gasteiger partial charge on any atom is 0.573 e. The Balaban J connectivity index is 0.00000264. The zero-order valence-corrected chi connectivity index (χ0v) is 14.1. The molecular formula is C14H14F3IN4O. The first-order valence-electron chi connectivity index (χ1n) is 6.24. The van der Waals surface area contributed by atoms with Crippen molar-refractivity contribution in [1.82, 2.24) is 4.98 Å². The molecular weight excluding hydrogens is 424 g/mol. The van der Waals surface area contributed by atoms with Crippen molar-refractivity contribution in [3.8, 4) is 5.75 Å². The lowest BCUT2D eigenvalue weighted by molar-refractivity contribution is -0.274. The van der Waals surface area contributed by atoms with E-state index in [0.717, 1.165) is 5.56 Å². The lowest BCUT2D eigenvalue weighted by Crippen LogP contribution is -2.22. The van der Waals surface area contributed by atoms with Crippen LogP contribution < -0.4 is 15.8 Å². The second-order valence-electron chi connectivity index (χ2n) is 4.26. The number of ether oxygens (including phenoxy) is 1. The number of halogens is 4. The fourth-order valence-electron chi connectivity index (χ4n) is 1.60. The van der Waals surface area contributed by atoms with Crippen molar-refractivity contribution in [2.45, 2.75) is 12.9 Å². The monoisotopic (exact) mass is 438 g/mol. The Morgan fingerprint density at radius 2 is 1.91 bits per heavy atom. The van der Waals surface area contributed by atoms with Crippen LogP contribution in [0.3, 0.4) is 0 Å². The van der Waals surface area contributed by atoms with Crippen molar-refractivity contribution < 1.29 is 17.9 Å². The van der Waals surface area contributed by atoms with Gasteiger partial charge in [0, 0.05) is 18.1 Å². The second-order valence-corrected chi connectivity index (χ2v) is 4.26. The lowest BCUT2D eigenvalue weighted by Gasteiger charge is -2.10. The van der Waals surface area contributed by atoms with Gasteiger partial charge in [0.05, 0.1) is 6.54 Å². The van der Waals surface area contributed by atoms with Crippen LogP contribution in [0.25, 0.3) is 0 Å². The van der Waals surface area contributed by atoms with Crippen molar-refractivity contribution in [3.05, 3.63) is 54.4 Å². The van der Waals surface area contributed by atoms with E-state index in [1.54, 1.807) is 18.5 Å². The summed E-state index contributed by atoms with van der Waals surface area (Å²) in [6, 6.07) is 8.83. The molecule has 0 radical (unpaired) electrons. The molecule has 0 aliphatic heterocycles. The molecule has 0 bridgehead atoms. The lowest BCUT2D eigenvalue weighted by atomic mass is 10.3. The summed E-state index contributed by atoms with van der Waals surface area (Å²) in [7, 11) is 0. The Bertz CT molecular complexity index is 633. The number of aromatic nitrogens is 1. The predicted octanol–water partition coefficient (Wildman–Crippen LogP) is 3.53. The number of alkyl halides is 3. The molecule has 0 atom stereocenters. The molecule has 5 nitrogen and oxygen atoms in total. The summed E-state index contributed by atoms with van der Waals surface area (Å²) in [5.74, 6) is -0.155. The number of guanidine groups is 1. The van der Waals surface area contributed by atoms with Crippen LogP contribution in [0, 0.1) is 0 Å². The molecule has 124 valence electrons. The molecule has 1 aromatic heterocycles. The van der Waals surface area contributed by atoms with E-state index < -0.39 is 6.36 Å². The van der Waals surface area contributed by atoms with Crippen LogP contribution in [0.2, 0.25) is 0 Å². The van der Waals surface area contributed by atoms with Gasteiger partial charge in [0.25, 0.3) is 0 Å². The first kappa shape index (κ1) is 19.0. The Morgan fingerprint density at radius 3 is 2.48 bits per heavy atom. The van der Waals surface area contributed by atoms with Gasteiger partial charge in [-0.1, -0.05) is 6.07 Å². The van der Waals surface area contributed by atoms with Crippen LogP contribution in [0.1, 0.15) is 5.56 Å². The number of nitrogens with two attached hydrogens (primary N) is 1. The molecule has 2 rings (SSSR count). The topological polar surface area (TPSA) is 72.5 Å². The van der Waals surface area contributed by atoms with Gasteiger partial charge in [-0.25, -0.2) is 4.99 Å². The van der Waals surface area contributed by atoms with Crippen molar-refractivity contribution >= 4 is 35.6 Å². The number of anilines is 1. The average molecular weight is 438 g/mol. The third-order valence-electron chi connectivity index (χ3n) is 2.52. The number of hydrogen-bond acceptors (Lipinski definition) is 3. The van der Waals surface area contributed by atoms with Gasteiger partial charge in [0.15, 0.2) is 5.96 Å². The standard InChI is InChI=1S/C14H13F3N4O.HI/c15-14(16,17)22-12-5-3-11(4-6-12)21-13(18)20-9-10-2-1-7-19-8-10;/h1-8H,9H2,(H3,18,20,21);1H. The van der Waals surface area contributed by atoms with Crippen molar-refractivity contribution in [2.24, 2.45) is 10.7 Å². The molecule has 0 fully saturated rings. The highest BCUT2D eigenvalue weighted by molar-refractivity contribution is 14.0. The third kappa shape index (κ3) is 7.17. The largest absolute Gasteiger partial charge is 0.573 e. The van der Waals surface area contributed by atoms with Gasteiger partial charge in [-0.15, -0.1) is 37.1 Å². The first-order chi connectivity index (χ1) is 10.4. The fraction of sp³-hybridized carbons (Fsp3) is 0.143. The number of pyridine rings is 1. The van der Waals surface area contributed by atoms with Gasteiger partial charge >= 0.3 is 6.36 Å². The Kier molecular flexibility index (Phi) is 7.07. The van der Waals surface area contributed by atoms with E-state index in [2.05, 4.69) is 20.0 Å². The molecule has 1 heterocycles. The molecule has 23 heavy (non-hydrogen) atoms. The van der Waals surface area contributed by atoms with Gasteiger partial charge in [-0.2, -0.15) is 0 Å². The van der Waals surface area contributed by atoms with Gasteiger partial charge in [0.1, 0.15) is 5.75 Å². The number of aliphatic imine (C=N–C) groups is 1. The molecule has 0 aliphatic carbocycles. The molecule has 0 saturated heterocycles. The summed E-state index contributed by atoms with van der Waals surface area (Å²) in [4.78, 5) is 8.05. The van der Waals surface area contributed by atoms with Crippen LogP contribution in [0.15, 0.2) is 53.8 Å². The second kappa shape index (κ2) is 8.56. The minimum Gasteiger partial charge on any atom is -0.406 e. The van der Waals surface area contributed by atoms with E-state index in [9.17, 15) is 13.2 Å². The molecule has 2 aromatic rings. The minimum atomic E-state index is -4.71. The average Bonchev–Trinajstić information content (AvgIpc) is 2.47. The van der Waals surface area contributed by atoms with Crippen LogP contribution in [-0.2, 0) is 6.54 Å². The number of benzene rings is 1. The Morgan fingerprint density at radius 1 is 1.22 bits per heavy atom. The van der Waals surface area contributed by atoms with E-state index in [-0.39, 0.29) is 35.7 Å². The van der Waals surface area contributed by atoms with Crippen molar-refractivity contribution in [2.75, 3.05) is 5.32 Å². The SMILES string of the molecule is I.NC(=NCc1cccnc1)Nc1ccc(OC(F)(F)F)cc1. The summed E-state index contributed by atoms with van der Waals surface area (Å²) >= 11 is 0. The van der Waals surface area contributed by atoms with Gasteiger partial charge in [-0.05, 0) is 35.9 Å². The molecule has 1 aromatic carbocycles. The number of nitrogens with zero attached hydrogens (tertiary/aromatic N) is 2. The predicted molar refractivity (Wildman–Crippen MR) is 91.7 cm³/mol. The highest BCUT2D eigenvalue weighted by Crippen LogP contribution is 2.23. The zero-order valence-electron chi connectivity index (χ0n) is 11.7. The van der Waals surface area contributed by atoms with Crippen LogP contribution in [0.4, 0.5) is 18.9 Å². The summed E-state index contributed by atoms with van der Waals surface area (Å²) in [6.45, 7) is 0.349. The highest BCUT2D eigenvalue weighted by atomic mass is 127. The fourth-order valence-corrected chi connectivity index (χ4v) is 1.60. The quantitative estimate of drug-likeness (QED) is 0.436. The summed E-state index contributed by atoms with van der Waals surface area (Å²) in [5.41, 5.74) is 7.09. The number of hydrogen-bond donors (Lipinski definition) is 2. The molecule has 9 heteroatoms. The molecule has 0 unspecified atom stereocenters. The van der Waals surface area contributed by atoms with Crippen molar-refractivity contribution in [1.29, 1.82) is 0 Å². The highest BCUT2D eigenvalue weighted by Gasteiger charge is 2.30. The zero-order chi connectivity index (χ0) is 16.0. The third-order valence-corrected chi connectivity index (χ3v) is 2.52. The summed E-state index contributed by atoms with van der Waals surface area (Å²) in [6.07, 6.45) is -1.39. The van der Waals surface area contributed by atoms with E-state index in [1.807, 2.05) is 6.07 Å². The molecule has 0 spiro atoms. The van der Waals surface area contributed by atoms with Crippen molar-refractivity contribution in [3.63, 3.8) is 0 Å². The van der Waals surface area contributed by atoms with Gasteiger partial charge in [0.2, 0.25) is 0 Å². The maximum absolute atomic E-state index is 12.0. The van der Waals surface area contributed by atoms with Crippen LogP contribution >= 0.6 is 24.0 Å². The minimum absolute atomic E-state index is 0. The molecule has 0 aliphatic rings. The normalized spacial score (nSPS) is 11.5. The molecule has 0 saturated carbocycles. The summed E-state index contributed by atoms with van der Waals surface area (Å²) < 4.78 is 39.9. The number of nitrogens with one attached hydrogen (secondary N) is 1. The van der Waals surface area contributed by atoms with E-state index in [0.29, 0.717) is 12.2 Å². The molecule has 3 N–H and O–H groups in total. The van der Waals surface area contributed by atoms with Crippen LogP contribution in [0.5, 0.6) is 5.75 Å². The Hall–Kier alpha value is -2.04. The Labute approximate surface area is 147 Å². The smallest absolute Gasteiger partial charge is 0.406 e. The van der Waals surface area contributed by atoms with Gasteiger partial charge in [-0.3, -0.25) is 4.98 Å². The van der Waals surface area contributed by atoms with Gasteiger partial charge < -0.3 is 15.8 Å². The first-order valence-corrected chi connectivity index (χ1v) is 6.24. The molecule has 0 amide bonds. The van der Waals surface area contributed by atoms with E-state index in [1.165, 1.54) is 24.3 Å². The van der Waals surface area contributed by atoms with E-state index in [4.69, 9.17) is 5.73 Å². The summed E-state index contributed by atoms with van der Waals surface area (Å²) in [5, 5.41) is 2.77.